The number of nitrogens with one attached hydrogen (secondary N) is 2. The first-order valence-electron chi connectivity index (χ1n) is 9.74. The van der Waals surface area contributed by atoms with Crippen molar-refractivity contribution in [1.82, 2.24) is 14.5 Å². The molecule has 3 aromatic rings. The zero-order valence-corrected chi connectivity index (χ0v) is 17.3. The lowest BCUT2D eigenvalue weighted by Gasteiger charge is -2.25. The Labute approximate surface area is 183 Å². The molecule has 12 heteroatoms. The van der Waals surface area contributed by atoms with Crippen LogP contribution in [0.3, 0.4) is 0 Å². The number of rotatable bonds is 3. The van der Waals surface area contributed by atoms with Crippen molar-refractivity contribution in [1.29, 1.82) is 0 Å². The lowest BCUT2D eigenvalue weighted by Crippen LogP contribution is -2.44. The Kier molecular flexibility index (Phi) is 4.70. The third-order valence-corrected chi connectivity index (χ3v) is 5.85. The molecule has 1 atom stereocenters. The maximum atomic E-state index is 14.9. The minimum Gasteiger partial charge on any atom is -0.480 e. The summed E-state index contributed by atoms with van der Waals surface area (Å²) in [4.78, 5) is 20.0. The number of pyridine rings is 1. The molecule has 1 aromatic carbocycles. The van der Waals surface area contributed by atoms with Gasteiger partial charge in [-0.25, -0.2) is 22.5 Å². The van der Waals surface area contributed by atoms with Crippen LogP contribution in [0.1, 0.15) is 12.8 Å². The lowest BCUT2D eigenvalue weighted by molar-refractivity contribution is -0.0579. The summed E-state index contributed by atoms with van der Waals surface area (Å²) in [7, 11) is 1.38. The van der Waals surface area contributed by atoms with Crippen molar-refractivity contribution in [2.75, 3.05) is 17.2 Å². The number of anilines is 3. The number of ether oxygens (including phenoxy) is 1. The van der Waals surface area contributed by atoms with Crippen LogP contribution in [0.5, 0.6) is 5.75 Å². The molecule has 0 spiro atoms. The number of hydrogen-bond acceptors (Lipinski definition) is 6. The van der Waals surface area contributed by atoms with E-state index in [1.54, 1.807) is 0 Å². The van der Waals surface area contributed by atoms with E-state index in [2.05, 4.69) is 20.6 Å². The predicted molar refractivity (Wildman–Crippen MR) is 110 cm³/mol. The van der Waals surface area contributed by atoms with Crippen LogP contribution in [0, 0.1) is 17.6 Å². The Morgan fingerprint density at radius 1 is 1.28 bits per heavy atom. The van der Waals surface area contributed by atoms with Crippen molar-refractivity contribution in [3.05, 3.63) is 45.6 Å². The monoisotopic (exact) mass is 469 g/mol. The third-order valence-electron chi connectivity index (χ3n) is 5.67. The van der Waals surface area contributed by atoms with Gasteiger partial charge in [0, 0.05) is 18.5 Å². The summed E-state index contributed by atoms with van der Waals surface area (Å²) in [6.07, 6.45) is 2.07. The number of nitrogens with zero attached hydrogens (tertiary/aromatic N) is 3. The summed E-state index contributed by atoms with van der Waals surface area (Å²) < 4.78 is 64.7. The average Bonchev–Trinajstić information content (AvgIpc) is 3.57. The molecule has 1 aliphatic carbocycles. The molecule has 1 saturated carbocycles. The van der Waals surface area contributed by atoms with Gasteiger partial charge in [0.25, 0.3) is 5.56 Å². The van der Waals surface area contributed by atoms with E-state index in [-0.39, 0.29) is 45.0 Å². The maximum Gasteiger partial charge on any atom is 0.301 e. The largest absolute Gasteiger partial charge is 0.480 e. The summed E-state index contributed by atoms with van der Waals surface area (Å²) in [5.74, 6) is -5.82. The second-order valence-corrected chi connectivity index (χ2v) is 8.23. The van der Waals surface area contributed by atoms with Crippen LogP contribution in [0.25, 0.3) is 10.9 Å². The van der Waals surface area contributed by atoms with Crippen LogP contribution >= 0.6 is 11.6 Å². The van der Waals surface area contributed by atoms with Crippen molar-refractivity contribution < 1.29 is 22.3 Å². The molecule has 7 nitrogen and oxygen atoms in total. The number of benzene rings is 1. The molecule has 0 unspecified atom stereocenters. The molecule has 0 bridgehead atoms. The fraction of sp³-hybridized carbons (Fsp3) is 0.350. The Balaban J connectivity index is 1.69. The quantitative estimate of drug-likeness (QED) is 0.441. The summed E-state index contributed by atoms with van der Waals surface area (Å²) in [5, 5.41) is 5.29. The van der Waals surface area contributed by atoms with Crippen LogP contribution in [0.15, 0.2) is 23.1 Å². The van der Waals surface area contributed by atoms with Gasteiger partial charge in [-0.15, -0.1) is 0 Å². The fourth-order valence-corrected chi connectivity index (χ4v) is 4.01. The Hall–Kier alpha value is -3.08. The fourth-order valence-electron chi connectivity index (χ4n) is 3.88. The third kappa shape index (κ3) is 3.40. The van der Waals surface area contributed by atoms with Crippen LogP contribution < -0.4 is 20.9 Å². The first kappa shape index (κ1) is 20.8. The molecular formula is C20H16ClF4N5O2. The van der Waals surface area contributed by atoms with Crippen LogP contribution in [-0.2, 0) is 7.05 Å². The molecule has 5 rings (SSSR count). The van der Waals surface area contributed by atoms with E-state index < -0.39 is 35.8 Å². The second kappa shape index (κ2) is 7.22. The molecular weight excluding hydrogens is 454 g/mol. The van der Waals surface area contributed by atoms with E-state index in [0.717, 1.165) is 16.8 Å². The van der Waals surface area contributed by atoms with Gasteiger partial charge in [0.1, 0.15) is 5.82 Å². The first-order valence-corrected chi connectivity index (χ1v) is 10.1. The zero-order chi connectivity index (χ0) is 22.8. The van der Waals surface area contributed by atoms with E-state index >= 15 is 0 Å². The van der Waals surface area contributed by atoms with Crippen molar-refractivity contribution in [2.24, 2.45) is 13.0 Å². The molecule has 2 aliphatic rings. The van der Waals surface area contributed by atoms with Gasteiger partial charge in [-0.1, -0.05) is 0 Å². The van der Waals surface area contributed by atoms with Gasteiger partial charge >= 0.3 is 5.92 Å². The topological polar surface area (TPSA) is 81.1 Å². The molecule has 32 heavy (non-hydrogen) atoms. The molecule has 3 heterocycles. The molecule has 2 N–H and O–H groups in total. The minimum absolute atomic E-state index is 0.0430. The maximum absolute atomic E-state index is 14.9. The Morgan fingerprint density at radius 2 is 2.03 bits per heavy atom. The average molecular weight is 470 g/mol. The van der Waals surface area contributed by atoms with Gasteiger partial charge in [-0.05, 0) is 36.4 Å². The highest BCUT2D eigenvalue weighted by Gasteiger charge is 2.51. The highest BCUT2D eigenvalue weighted by Crippen LogP contribution is 2.45. The van der Waals surface area contributed by atoms with E-state index in [4.69, 9.17) is 16.3 Å². The summed E-state index contributed by atoms with van der Waals surface area (Å²) in [6, 6.07) is 1.10. The number of halogens is 5. The van der Waals surface area contributed by atoms with Crippen LogP contribution in [0.2, 0.25) is 5.28 Å². The van der Waals surface area contributed by atoms with E-state index in [0.29, 0.717) is 12.8 Å². The number of aryl methyl sites for hydroxylation is 1. The standard InChI is InChI=1S/C20H16ClF4N5O2/c1-30-13-5-10(22)12(27-17-11(23)6-26-19(21)29-17)4-9(13)14-15(18(30)31)32-7-20(24,25)16(28-14)8-2-3-8/h4-6,8,16,28H,2-3,7H2,1H3,(H,26,27,29)/t16-/m0/s1. The Morgan fingerprint density at radius 3 is 2.75 bits per heavy atom. The van der Waals surface area contributed by atoms with Gasteiger partial charge in [0.15, 0.2) is 18.2 Å². The van der Waals surface area contributed by atoms with Crippen molar-refractivity contribution in [3.63, 3.8) is 0 Å². The summed E-state index contributed by atoms with van der Waals surface area (Å²) in [6.45, 7) is -0.953. The van der Waals surface area contributed by atoms with Crippen molar-refractivity contribution in [2.45, 2.75) is 24.8 Å². The number of alkyl halides is 2. The highest BCUT2D eigenvalue weighted by molar-refractivity contribution is 6.28. The van der Waals surface area contributed by atoms with Crippen LogP contribution in [0.4, 0.5) is 34.8 Å². The zero-order valence-electron chi connectivity index (χ0n) is 16.6. The number of fused-ring (bicyclic) bond motifs is 3. The Bertz CT molecular complexity index is 1310. The van der Waals surface area contributed by atoms with Gasteiger partial charge in [0.05, 0.1) is 29.1 Å². The van der Waals surface area contributed by atoms with E-state index in [1.807, 2.05) is 0 Å². The van der Waals surface area contributed by atoms with Gasteiger partial charge in [-0.3, -0.25) is 4.79 Å². The van der Waals surface area contributed by atoms with E-state index in [9.17, 15) is 22.4 Å². The van der Waals surface area contributed by atoms with Crippen molar-refractivity contribution >= 4 is 39.7 Å². The summed E-state index contributed by atoms with van der Waals surface area (Å²) >= 11 is 5.69. The molecule has 0 amide bonds. The van der Waals surface area contributed by atoms with Gasteiger partial charge in [-0.2, -0.15) is 4.98 Å². The molecule has 1 fully saturated rings. The lowest BCUT2D eigenvalue weighted by atomic mass is 10.0. The SMILES string of the molecule is Cn1c(=O)c2c(c3cc(Nc4nc(Cl)ncc4F)c(F)cc31)N[C@@H](C1CC1)C(F)(F)CO2. The van der Waals surface area contributed by atoms with Crippen LogP contribution in [-0.4, -0.2) is 33.1 Å². The minimum atomic E-state index is -3.21. The van der Waals surface area contributed by atoms with Gasteiger partial charge in [0.2, 0.25) is 11.0 Å². The number of aromatic nitrogens is 3. The normalized spacial score (nSPS) is 19.6. The van der Waals surface area contributed by atoms with Gasteiger partial charge < -0.3 is 19.9 Å². The highest BCUT2D eigenvalue weighted by atomic mass is 35.5. The molecule has 0 saturated heterocycles. The van der Waals surface area contributed by atoms with Crippen molar-refractivity contribution in [3.8, 4) is 5.75 Å². The first-order chi connectivity index (χ1) is 15.2. The number of hydrogen-bond donors (Lipinski definition) is 2. The smallest absolute Gasteiger partial charge is 0.301 e. The predicted octanol–water partition coefficient (Wildman–Crippen LogP) is 4.22. The molecule has 168 valence electrons. The second-order valence-electron chi connectivity index (χ2n) is 7.89. The van der Waals surface area contributed by atoms with E-state index in [1.165, 1.54) is 13.1 Å². The molecule has 0 radical (unpaired) electrons. The summed E-state index contributed by atoms with van der Waals surface area (Å²) in [5.41, 5.74) is -0.691. The molecule has 2 aromatic heterocycles. The molecule has 1 aliphatic heterocycles.